The predicted molar refractivity (Wildman–Crippen MR) is 200 cm³/mol. The number of carboxylic acids is 1. The number of anilines is 2. The number of esters is 1. The largest absolute Gasteiger partial charge is 0.480 e. The Balaban J connectivity index is 1.27. The van der Waals surface area contributed by atoms with E-state index in [-0.39, 0.29) is 44.2 Å². The molecule has 328 valence electrons. The summed E-state index contributed by atoms with van der Waals surface area (Å²) >= 11 is 0. The van der Waals surface area contributed by atoms with Crippen LogP contribution in [0.1, 0.15) is 15.9 Å². The van der Waals surface area contributed by atoms with Crippen molar-refractivity contribution in [1.29, 1.82) is 0 Å². The number of carbonyl (C=O) groups excluding carboxylic acids is 2. The smallest absolute Gasteiger partial charge is 0.416 e. The zero-order valence-corrected chi connectivity index (χ0v) is 32.5. The molecule has 2 rings (SSSR count). The van der Waals surface area contributed by atoms with E-state index in [2.05, 4.69) is 15.4 Å². The highest BCUT2D eigenvalue weighted by molar-refractivity contribution is 5.96. The van der Waals surface area contributed by atoms with Gasteiger partial charge in [0.05, 0.1) is 136 Å². The molecule has 0 saturated heterocycles. The van der Waals surface area contributed by atoms with Crippen molar-refractivity contribution in [2.75, 3.05) is 151 Å². The van der Waals surface area contributed by atoms with Crippen LogP contribution in [0.3, 0.4) is 0 Å². The summed E-state index contributed by atoms with van der Waals surface area (Å²) in [4.78, 5) is 34.3. The van der Waals surface area contributed by atoms with Crippen molar-refractivity contribution in [3.05, 3.63) is 59.7 Å². The molecule has 1 amide bonds. The lowest BCUT2D eigenvalue weighted by Gasteiger charge is -2.13. The Hall–Kier alpha value is -3.96. The number of hydrogen-bond donors (Lipinski definition) is 3. The molecule has 0 aliphatic carbocycles. The molecule has 2 aromatic carbocycles. The highest BCUT2D eigenvalue weighted by atomic mass is 19.4. The Morgan fingerprint density at radius 2 is 0.983 bits per heavy atom. The Bertz CT molecular complexity index is 1390. The second-order valence-electron chi connectivity index (χ2n) is 11.6. The number of nitrogens with one attached hydrogen (secondary N) is 2. The van der Waals surface area contributed by atoms with Crippen LogP contribution in [-0.4, -0.2) is 168 Å². The second kappa shape index (κ2) is 32.9. The number of halogens is 3. The van der Waals surface area contributed by atoms with Crippen molar-refractivity contribution < 1.29 is 84.8 Å². The summed E-state index contributed by atoms with van der Waals surface area (Å²) in [5.41, 5.74) is -0.128. The fourth-order valence-corrected chi connectivity index (χ4v) is 4.38. The zero-order valence-electron chi connectivity index (χ0n) is 32.5. The quantitative estimate of drug-likeness (QED) is 0.0663. The Labute approximate surface area is 335 Å². The van der Waals surface area contributed by atoms with Gasteiger partial charge in [-0.05, 0) is 30.3 Å². The molecule has 0 unspecified atom stereocenters. The van der Waals surface area contributed by atoms with Crippen molar-refractivity contribution in [2.45, 2.75) is 6.18 Å². The van der Waals surface area contributed by atoms with Crippen LogP contribution in [0.15, 0.2) is 48.5 Å². The minimum Gasteiger partial charge on any atom is -0.480 e. The molecule has 0 spiro atoms. The maximum atomic E-state index is 13.1. The van der Waals surface area contributed by atoms with Crippen LogP contribution in [0.5, 0.6) is 0 Å². The van der Waals surface area contributed by atoms with Crippen molar-refractivity contribution >= 4 is 29.2 Å². The van der Waals surface area contributed by atoms with E-state index in [4.69, 9.17) is 52.5 Å². The van der Waals surface area contributed by atoms with Gasteiger partial charge in [-0.1, -0.05) is 18.2 Å². The fourth-order valence-electron chi connectivity index (χ4n) is 4.38. The number of alkyl halides is 3. The van der Waals surface area contributed by atoms with Crippen LogP contribution >= 0.6 is 0 Å². The van der Waals surface area contributed by atoms with E-state index in [1.54, 1.807) is 18.2 Å². The number of benzene rings is 2. The molecule has 2 aromatic rings. The summed E-state index contributed by atoms with van der Waals surface area (Å²) in [6.45, 7) is 6.16. The Morgan fingerprint density at radius 1 is 0.534 bits per heavy atom. The Morgan fingerprint density at radius 3 is 1.45 bits per heavy atom. The molecule has 3 N–H and O–H groups in total. The van der Waals surface area contributed by atoms with E-state index in [0.717, 1.165) is 12.1 Å². The van der Waals surface area contributed by atoms with Crippen molar-refractivity contribution in [2.24, 2.45) is 0 Å². The molecule has 0 saturated carbocycles. The molecule has 0 fully saturated rings. The SMILES string of the molecule is O=C(O)COCC(=O)NCCOCCOCCOCCOCCOCCOCCOCCOCCOCCOC(=O)c1ccccc1Nc1cccc(C(F)(F)F)c1. The van der Waals surface area contributed by atoms with Gasteiger partial charge in [-0.3, -0.25) is 4.79 Å². The standard InChI is InChI=1S/C38H55F3N2O15/c39-38(40,41)31-4-3-5-32(28-31)43-34-7-2-1-6-33(34)37(47)58-27-26-56-25-24-55-23-22-54-21-20-53-19-18-52-17-16-51-15-14-50-13-12-49-11-10-48-9-8-42-35(44)29-57-30-36(45)46/h1-7,28,43H,8-27,29-30H2,(H,42,44)(H,45,46). The number of rotatable bonds is 37. The number of ether oxygens (including phenoxy) is 11. The van der Waals surface area contributed by atoms with Gasteiger partial charge < -0.3 is 67.8 Å². The average molecular weight is 837 g/mol. The molecule has 0 aliphatic heterocycles. The fraction of sp³-hybridized carbons (Fsp3) is 0.605. The van der Waals surface area contributed by atoms with E-state index in [0.29, 0.717) is 111 Å². The van der Waals surface area contributed by atoms with Crippen molar-refractivity contribution in [3.63, 3.8) is 0 Å². The lowest BCUT2D eigenvalue weighted by molar-refractivity contribution is -0.143. The second-order valence-corrected chi connectivity index (χ2v) is 11.6. The lowest BCUT2D eigenvalue weighted by atomic mass is 10.1. The summed E-state index contributed by atoms with van der Waals surface area (Å²) in [6.07, 6.45) is -4.49. The van der Waals surface area contributed by atoms with Crippen LogP contribution in [-0.2, 0) is 67.9 Å². The van der Waals surface area contributed by atoms with Crippen LogP contribution in [0.2, 0.25) is 0 Å². The zero-order chi connectivity index (χ0) is 41.9. The van der Waals surface area contributed by atoms with Gasteiger partial charge in [0.1, 0.15) is 19.8 Å². The van der Waals surface area contributed by atoms with Crippen molar-refractivity contribution in [1.82, 2.24) is 5.32 Å². The first-order valence-corrected chi connectivity index (χ1v) is 18.6. The summed E-state index contributed by atoms with van der Waals surface area (Å²) in [5, 5.41) is 13.8. The summed E-state index contributed by atoms with van der Waals surface area (Å²) < 4.78 is 97.9. The third kappa shape index (κ3) is 26.9. The summed E-state index contributed by atoms with van der Waals surface area (Å²) in [5.74, 6) is -2.19. The van der Waals surface area contributed by atoms with Gasteiger partial charge >= 0.3 is 18.1 Å². The molecule has 0 aromatic heterocycles. The molecule has 58 heavy (non-hydrogen) atoms. The van der Waals surface area contributed by atoms with E-state index in [1.165, 1.54) is 18.2 Å². The maximum Gasteiger partial charge on any atom is 0.416 e. The number of amides is 1. The first-order chi connectivity index (χ1) is 28.2. The molecule has 0 radical (unpaired) electrons. The van der Waals surface area contributed by atoms with Gasteiger partial charge in [0.2, 0.25) is 5.91 Å². The summed E-state index contributed by atoms with van der Waals surface area (Å²) in [7, 11) is 0. The van der Waals surface area contributed by atoms with Crippen molar-refractivity contribution in [3.8, 4) is 0 Å². The van der Waals surface area contributed by atoms with Gasteiger partial charge in [0.15, 0.2) is 0 Å². The number of para-hydroxylation sites is 1. The molecule has 0 heterocycles. The van der Waals surface area contributed by atoms with E-state index < -0.39 is 36.2 Å². The van der Waals surface area contributed by atoms with E-state index in [1.807, 2.05) is 0 Å². The van der Waals surface area contributed by atoms with E-state index >= 15 is 0 Å². The van der Waals surface area contributed by atoms with Crippen LogP contribution < -0.4 is 10.6 Å². The summed E-state index contributed by atoms with van der Waals surface area (Å²) in [6, 6.07) is 11.1. The molecular weight excluding hydrogens is 781 g/mol. The van der Waals surface area contributed by atoms with Gasteiger partial charge in [0, 0.05) is 12.2 Å². The van der Waals surface area contributed by atoms with Crippen LogP contribution in [0, 0.1) is 0 Å². The third-order valence-electron chi connectivity index (χ3n) is 7.08. The molecule has 0 aliphatic rings. The lowest BCUT2D eigenvalue weighted by Crippen LogP contribution is -2.31. The molecule has 20 heteroatoms. The molecule has 17 nitrogen and oxygen atoms in total. The molecular formula is C38H55F3N2O15. The van der Waals surface area contributed by atoms with E-state index in [9.17, 15) is 27.6 Å². The number of carboxylic acid groups (broad SMARTS) is 1. The maximum absolute atomic E-state index is 13.1. The first kappa shape index (κ1) is 50.2. The average Bonchev–Trinajstić information content (AvgIpc) is 3.19. The molecule has 0 atom stereocenters. The highest BCUT2D eigenvalue weighted by Gasteiger charge is 2.30. The van der Waals surface area contributed by atoms with Gasteiger partial charge in [-0.2, -0.15) is 13.2 Å². The number of aliphatic carboxylic acids is 1. The Kier molecular flexibility index (Phi) is 28.5. The minimum atomic E-state index is -4.49. The highest BCUT2D eigenvalue weighted by Crippen LogP contribution is 2.32. The van der Waals surface area contributed by atoms with Gasteiger partial charge in [0.25, 0.3) is 0 Å². The molecule has 0 bridgehead atoms. The van der Waals surface area contributed by atoms with Crippen LogP contribution in [0.4, 0.5) is 24.5 Å². The predicted octanol–water partition coefficient (Wildman–Crippen LogP) is 2.97. The van der Waals surface area contributed by atoms with Gasteiger partial charge in [-0.25, -0.2) is 9.59 Å². The number of carbonyl (C=O) groups is 3. The first-order valence-electron chi connectivity index (χ1n) is 18.6. The topological polar surface area (TPSA) is 197 Å². The monoisotopic (exact) mass is 836 g/mol. The number of hydrogen-bond acceptors (Lipinski definition) is 15. The normalized spacial score (nSPS) is 11.4. The third-order valence-corrected chi connectivity index (χ3v) is 7.08. The van der Waals surface area contributed by atoms with Crippen LogP contribution in [0.25, 0.3) is 0 Å². The van der Waals surface area contributed by atoms with Gasteiger partial charge in [-0.15, -0.1) is 0 Å². The minimum absolute atomic E-state index is 0.0145.